The summed E-state index contributed by atoms with van der Waals surface area (Å²) in [6.07, 6.45) is 0.171. The Labute approximate surface area is 109 Å². The second-order valence-corrected chi connectivity index (χ2v) is 4.96. The summed E-state index contributed by atoms with van der Waals surface area (Å²) in [5.74, 6) is -0.115. The molecule has 104 valence electrons. The van der Waals surface area contributed by atoms with E-state index in [1.165, 1.54) is 6.07 Å². The summed E-state index contributed by atoms with van der Waals surface area (Å²) < 4.78 is 0. The number of aliphatic hydroxyl groups excluding tert-OH is 1. The number of aromatic nitrogens is 2. The van der Waals surface area contributed by atoms with Gasteiger partial charge in [0.1, 0.15) is 0 Å². The molecule has 1 aromatic heterocycles. The first-order valence-corrected chi connectivity index (χ1v) is 6.24. The Hall–Kier alpha value is -1.89. The van der Waals surface area contributed by atoms with Gasteiger partial charge < -0.3 is 15.0 Å². The predicted molar refractivity (Wildman–Crippen MR) is 67.8 cm³/mol. The molecule has 0 bridgehead atoms. The van der Waals surface area contributed by atoms with Crippen molar-refractivity contribution in [2.45, 2.75) is 25.9 Å². The van der Waals surface area contributed by atoms with Crippen molar-refractivity contribution >= 4 is 5.91 Å². The molecule has 2 atom stereocenters. The van der Waals surface area contributed by atoms with Crippen LogP contribution in [0.2, 0.25) is 0 Å². The Morgan fingerprint density at radius 1 is 1.47 bits per heavy atom. The SMILES string of the molecule is CC1CN(C(=O)Cc2cc(=O)[nH]c(=O)[nH]2)CCC1O. The maximum absolute atomic E-state index is 12.1. The molecule has 0 spiro atoms. The molecule has 1 fully saturated rings. The van der Waals surface area contributed by atoms with E-state index in [1.54, 1.807) is 4.90 Å². The number of piperidine rings is 1. The van der Waals surface area contributed by atoms with E-state index in [2.05, 4.69) is 9.97 Å². The van der Waals surface area contributed by atoms with Gasteiger partial charge in [-0.25, -0.2) is 4.79 Å². The lowest BCUT2D eigenvalue weighted by Crippen LogP contribution is -2.45. The van der Waals surface area contributed by atoms with Gasteiger partial charge in [0.2, 0.25) is 5.91 Å². The Morgan fingerprint density at radius 2 is 2.21 bits per heavy atom. The molecule has 0 aliphatic carbocycles. The van der Waals surface area contributed by atoms with Crippen LogP contribution in [0.5, 0.6) is 0 Å². The van der Waals surface area contributed by atoms with Gasteiger partial charge in [0, 0.05) is 24.8 Å². The first-order valence-electron chi connectivity index (χ1n) is 6.24. The highest BCUT2D eigenvalue weighted by molar-refractivity contribution is 5.78. The van der Waals surface area contributed by atoms with E-state index >= 15 is 0 Å². The van der Waals surface area contributed by atoms with Gasteiger partial charge >= 0.3 is 5.69 Å². The topological polar surface area (TPSA) is 106 Å². The van der Waals surface area contributed by atoms with E-state index in [-0.39, 0.29) is 24.3 Å². The quantitative estimate of drug-likeness (QED) is 0.628. The number of H-pyrrole nitrogens is 2. The maximum atomic E-state index is 12.1. The number of hydrogen-bond acceptors (Lipinski definition) is 4. The van der Waals surface area contributed by atoms with Gasteiger partial charge in [-0.2, -0.15) is 0 Å². The molecule has 2 rings (SSSR count). The number of carbonyl (C=O) groups excluding carboxylic acids is 1. The van der Waals surface area contributed by atoms with Gasteiger partial charge in [-0.3, -0.25) is 14.6 Å². The van der Waals surface area contributed by atoms with Crippen LogP contribution in [0, 0.1) is 5.92 Å². The summed E-state index contributed by atoms with van der Waals surface area (Å²) in [6, 6.07) is 1.21. The van der Waals surface area contributed by atoms with Crippen molar-refractivity contribution in [1.82, 2.24) is 14.9 Å². The molecule has 1 aliphatic heterocycles. The first-order chi connectivity index (χ1) is 8.95. The van der Waals surface area contributed by atoms with E-state index in [1.807, 2.05) is 6.92 Å². The number of amides is 1. The van der Waals surface area contributed by atoms with Crippen LogP contribution in [0.3, 0.4) is 0 Å². The fourth-order valence-electron chi connectivity index (χ4n) is 2.25. The van der Waals surface area contributed by atoms with Gasteiger partial charge in [-0.1, -0.05) is 6.92 Å². The van der Waals surface area contributed by atoms with Crippen LogP contribution in [0.1, 0.15) is 19.0 Å². The number of nitrogens with zero attached hydrogens (tertiary/aromatic N) is 1. The third-order valence-corrected chi connectivity index (χ3v) is 3.37. The third kappa shape index (κ3) is 3.31. The number of aromatic amines is 2. The second kappa shape index (κ2) is 5.40. The molecule has 2 heterocycles. The highest BCUT2D eigenvalue weighted by Gasteiger charge is 2.27. The average molecular weight is 267 g/mol. The first kappa shape index (κ1) is 13.5. The minimum Gasteiger partial charge on any atom is -0.393 e. The number of nitrogens with one attached hydrogen (secondary N) is 2. The molecular formula is C12H17N3O4. The van der Waals surface area contributed by atoms with Crippen molar-refractivity contribution in [2.24, 2.45) is 5.92 Å². The molecule has 1 saturated heterocycles. The van der Waals surface area contributed by atoms with Gasteiger partial charge in [0.15, 0.2) is 0 Å². The number of likely N-dealkylation sites (tertiary alicyclic amines) is 1. The summed E-state index contributed by atoms with van der Waals surface area (Å²) in [4.78, 5) is 40.4. The molecule has 7 heteroatoms. The largest absolute Gasteiger partial charge is 0.393 e. The van der Waals surface area contributed by atoms with E-state index in [4.69, 9.17) is 0 Å². The molecule has 0 radical (unpaired) electrons. The smallest absolute Gasteiger partial charge is 0.325 e. The average Bonchev–Trinajstić information content (AvgIpc) is 2.31. The summed E-state index contributed by atoms with van der Waals surface area (Å²) in [6.45, 7) is 2.88. The molecular weight excluding hydrogens is 250 g/mol. The molecule has 1 aromatic rings. The molecule has 1 aliphatic rings. The fraction of sp³-hybridized carbons (Fsp3) is 0.583. The number of hydrogen-bond donors (Lipinski definition) is 3. The summed E-state index contributed by atoms with van der Waals surface area (Å²) in [5, 5.41) is 9.61. The normalized spacial score (nSPS) is 23.4. The molecule has 2 unspecified atom stereocenters. The minimum absolute atomic E-state index is 0.0119. The zero-order chi connectivity index (χ0) is 14.0. The second-order valence-electron chi connectivity index (χ2n) is 4.96. The molecule has 19 heavy (non-hydrogen) atoms. The standard InChI is InChI=1S/C12H17N3O4/c1-7-6-15(3-2-9(7)16)11(18)5-8-4-10(17)14-12(19)13-8/h4,7,9,16H,2-3,5-6H2,1H3,(H2,13,14,17,19). The molecule has 0 aromatic carbocycles. The molecule has 1 amide bonds. The highest BCUT2D eigenvalue weighted by atomic mass is 16.3. The van der Waals surface area contributed by atoms with E-state index in [9.17, 15) is 19.5 Å². The Balaban J connectivity index is 2.05. The van der Waals surface area contributed by atoms with Crippen molar-refractivity contribution in [3.05, 3.63) is 32.6 Å². The van der Waals surface area contributed by atoms with Crippen molar-refractivity contribution in [3.8, 4) is 0 Å². The van der Waals surface area contributed by atoms with Gasteiger partial charge in [0.05, 0.1) is 12.5 Å². The third-order valence-electron chi connectivity index (χ3n) is 3.37. The number of rotatable bonds is 2. The lowest BCUT2D eigenvalue weighted by molar-refractivity contribution is -0.134. The Bertz CT molecular complexity index is 549. The van der Waals surface area contributed by atoms with Crippen LogP contribution in [-0.2, 0) is 11.2 Å². The minimum atomic E-state index is -0.613. The number of aliphatic hydroxyl groups is 1. The summed E-state index contributed by atoms with van der Waals surface area (Å²) in [5.41, 5.74) is -0.829. The van der Waals surface area contributed by atoms with Crippen LogP contribution < -0.4 is 11.2 Å². The predicted octanol–water partition coefficient (Wildman–Crippen LogP) is -1.16. The van der Waals surface area contributed by atoms with Crippen LogP contribution >= 0.6 is 0 Å². The highest BCUT2D eigenvalue weighted by Crippen LogP contribution is 2.17. The Morgan fingerprint density at radius 3 is 2.84 bits per heavy atom. The lowest BCUT2D eigenvalue weighted by Gasteiger charge is -2.34. The van der Waals surface area contributed by atoms with E-state index in [0.717, 1.165) is 0 Å². The maximum Gasteiger partial charge on any atom is 0.325 e. The van der Waals surface area contributed by atoms with E-state index < -0.39 is 11.2 Å². The van der Waals surface area contributed by atoms with Crippen molar-refractivity contribution in [1.29, 1.82) is 0 Å². The van der Waals surface area contributed by atoms with Crippen LogP contribution in [0.15, 0.2) is 15.7 Å². The number of carbonyl (C=O) groups is 1. The van der Waals surface area contributed by atoms with Crippen LogP contribution in [0.4, 0.5) is 0 Å². The lowest BCUT2D eigenvalue weighted by atomic mass is 9.96. The van der Waals surface area contributed by atoms with E-state index in [0.29, 0.717) is 25.2 Å². The van der Waals surface area contributed by atoms with Gasteiger partial charge in [0.25, 0.3) is 5.56 Å². The Kier molecular flexibility index (Phi) is 3.84. The van der Waals surface area contributed by atoms with Gasteiger partial charge in [-0.05, 0) is 12.3 Å². The van der Waals surface area contributed by atoms with Crippen LogP contribution in [0.25, 0.3) is 0 Å². The monoisotopic (exact) mass is 267 g/mol. The van der Waals surface area contributed by atoms with Crippen LogP contribution in [-0.4, -0.2) is 45.1 Å². The zero-order valence-corrected chi connectivity index (χ0v) is 10.7. The molecule has 3 N–H and O–H groups in total. The van der Waals surface area contributed by atoms with Gasteiger partial charge in [-0.15, -0.1) is 0 Å². The molecule has 0 saturated carbocycles. The van der Waals surface area contributed by atoms with Crippen molar-refractivity contribution in [3.63, 3.8) is 0 Å². The molecule has 7 nitrogen and oxygen atoms in total. The zero-order valence-electron chi connectivity index (χ0n) is 10.7. The van der Waals surface area contributed by atoms with Crippen molar-refractivity contribution in [2.75, 3.05) is 13.1 Å². The fourth-order valence-corrected chi connectivity index (χ4v) is 2.25. The summed E-state index contributed by atoms with van der Waals surface area (Å²) in [7, 11) is 0. The summed E-state index contributed by atoms with van der Waals surface area (Å²) >= 11 is 0. The van der Waals surface area contributed by atoms with Crippen molar-refractivity contribution < 1.29 is 9.90 Å².